The molecule has 0 spiro atoms. The number of likely N-dealkylation sites (tertiary alicyclic amines) is 1. The van der Waals surface area contributed by atoms with Crippen molar-refractivity contribution in [1.82, 2.24) is 9.80 Å². The highest BCUT2D eigenvalue weighted by molar-refractivity contribution is 6.30. The minimum atomic E-state index is -0.410. The molecule has 0 saturated carbocycles. The first kappa shape index (κ1) is 24.8. The number of hydrogen-bond acceptors (Lipinski definition) is 4. The Bertz CT molecular complexity index is 962. The number of amides is 2. The molecule has 3 rings (SSSR count). The standard InChI is InChI=1S/C26H31ClN2O4/c1-26(2,3)29(17-19-7-5-4-6-8-19)23(30)18-33-25(32)21-13-15-28(16-14-21)24(31)20-9-11-22(27)12-10-20/h4-12,21H,13-18H2,1-3H3. The van der Waals surface area contributed by atoms with Crippen molar-refractivity contribution in [2.24, 2.45) is 5.92 Å². The summed E-state index contributed by atoms with van der Waals surface area (Å²) in [5.74, 6) is -0.995. The molecule has 0 N–H and O–H groups in total. The van der Waals surface area contributed by atoms with Crippen LogP contribution >= 0.6 is 11.6 Å². The summed E-state index contributed by atoms with van der Waals surface area (Å²) in [6, 6.07) is 16.5. The van der Waals surface area contributed by atoms with E-state index in [1.54, 1.807) is 34.1 Å². The first-order valence-corrected chi connectivity index (χ1v) is 11.6. The summed E-state index contributed by atoms with van der Waals surface area (Å²) in [7, 11) is 0. The topological polar surface area (TPSA) is 66.9 Å². The van der Waals surface area contributed by atoms with Crippen LogP contribution in [0.4, 0.5) is 0 Å². The van der Waals surface area contributed by atoms with Gasteiger partial charge in [0.2, 0.25) is 0 Å². The van der Waals surface area contributed by atoms with Crippen LogP contribution in [-0.4, -0.2) is 52.8 Å². The van der Waals surface area contributed by atoms with Crippen LogP contribution in [0.15, 0.2) is 54.6 Å². The van der Waals surface area contributed by atoms with Gasteiger partial charge in [0.15, 0.2) is 6.61 Å². The predicted octanol–water partition coefficient (Wildman–Crippen LogP) is 4.56. The van der Waals surface area contributed by atoms with Crippen molar-refractivity contribution in [3.8, 4) is 0 Å². The second-order valence-corrected chi connectivity index (χ2v) is 9.75. The van der Waals surface area contributed by atoms with Crippen LogP contribution in [0.2, 0.25) is 5.02 Å². The third-order valence-electron chi connectivity index (χ3n) is 5.84. The first-order valence-electron chi connectivity index (χ1n) is 11.2. The largest absolute Gasteiger partial charge is 0.455 e. The minimum Gasteiger partial charge on any atom is -0.455 e. The van der Waals surface area contributed by atoms with Crippen LogP contribution in [0.3, 0.4) is 0 Å². The molecule has 1 heterocycles. The molecule has 6 nitrogen and oxygen atoms in total. The molecule has 176 valence electrons. The molecule has 0 aromatic heterocycles. The van der Waals surface area contributed by atoms with Crippen molar-refractivity contribution in [3.63, 3.8) is 0 Å². The van der Waals surface area contributed by atoms with Crippen molar-refractivity contribution in [1.29, 1.82) is 0 Å². The molecule has 0 unspecified atom stereocenters. The number of nitrogens with zero attached hydrogens (tertiary/aromatic N) is 2. The van der Waals surface area contributed by atoms with Gasteiger partial charge in [-0.1, -0.05) is 41.9 Å². The molecule has 7 heteroatoms. The maximum Gasteiger partial charge on any atom is 0.309 e. The summed E-state index contributed by atoms with van der Waals surface area (Å²) in [5, 5.41) is 0.580. The Morgan fingerprint density at radius 1 is 1.00 bits per heavy atom. The number of carbonyl (C=O) groups excluding carboxylic acids is 3. The molecule has 1 aliphatic heterocycles. The van der Waals surface area contributed by atoms with E-state index in [0.29, 0.717) is 43.1 Å². The van der Waals surface area contributed by atoms with Crippen molar-refractivity contribution in [3.05, 3.63) is 70.7 Å². The molecule has 1 aliphatic rings. The van der Waals surface area contributed by atoms with Crippen LogP contribution in [0.5, 0.6) is 0 Å². The molecule has 0 aliphatic carbocycles. The number of rotatable bonds is 6. The Kier molecular flexibility index (Phi) is 8.14. The Morgan fingerprint density at radius 2 is 1.61 bits per heavy atom. The first-order chi connectivity index (χ1) is 15.6. The van der Waals surface area contributed by atoms with Gasteiger partial charge in [0.1, 0.15) is 0 Å². The number of benzene rings is 2. The zero-order valence-electron chi connectivity index (χ0n) is 19.4. The summed E-state index contributed by atoms with van der Waals surface area (Å²) in [6.45, 7) is 6.99. The van der Waals surface area contributed by atoms with Gasteiger partial charge in [-0.05, 0) is 63.4 Å². The molecule has 1 saturated heterocycles. The van der Waals surface area contributed by atoms with Crippen LogP contribution < -0.4 is 0 Å². The van der Waals surface area contributed by atoms with Gasteiger partial charge in [0.05, 0.1) is 5.92 Å². The third-order valence-corrected chi connectivity index (χ3v) is 6.09. The van der Waals surface area contributed by atoms with E-state index in [4.69, 9.17) is 16.3 Å². The van der Waals surface area contributed by atoms with Crippen molar-refractivity contribution in [2.75, 3.05) is 19.7 Å². The fourth-order valence-corrected chi connectivity index (χ4v) is 4.01. The monoisotopic (exact) mass is 470 g/mol. The lowest BCUT2D eigenvalue weighted by Gasteiger charge is -2.36. The smallest absolute Gasteiger partial charge is 0.309 e. The molecule has 0 atom stereocenters. The summed E-state index contributed by atoms with van der Waals surface area (Å²) < 4.78 is 5.40. The quantitative estimate of drug-likeness (QED) is 0.580. The van der Waals surface area contributed by atoms with Gasteiger partial charge in [0, 0.05) is 35.8 Å². The number of esters is 1. The number of hydrogen-bond donors (Lipinski definition) is 0. The van der Waals surface area contributed by atoms with Gasteiger partial charge in [-0.15, -0.1) is 0 Å². The lowest BCUT2D eigenvalue weighted by Crippen LogP contribution is -2.47. The highest BCUT2D eigenvalue weighted by atomic mass is 35.5. The zero-order chi connectivity index (χ0) is 24.0. The molecule has 2 aromatic carbocycles. The summed E-state index contributed by atoms with van der Waals surface area (Å²) >= 11 is 5.89. The number of piperidine rings is 1. The average molecular weight is 471 g/mol. The van der Waals surface area contributed by atoms with E-state index in [2.05, 4.69) is 0 Å². The molecule has 1 fully saturated rings. The normalized spacial score (nSPS) is 14.6. The van der Waals surface area contributed by atoms with E-state index in [-0.39, 0.29) is 30.3 Å². The fourth-order valence-electron chi connectivity index (χ4n) is 3.89. The van der Waals surface area contributed by atoms with Gasteiger partial charge in [0.25, 0.3) is 11.8 Å². The van der Waals surface area contributed by atoms with Crippen LogP contribution in [0, 0.1) is 5.92 Å². The maximum atomic E-state index is 12.9. The van der Waals surface area contributed by atoms with Crippen molar-refractivity contribution < 1.29 is 19.1 Å². The fraction of sp³-hybridized carbons (Fsp3) is 0.423. The van der Waals surface area contributed by atoms with E-state index < -0.39 is 5.54 Å². The summed E-state index contributed by atoms with van der Waals surface area (Å²) in [5.41, 5.74) is 1.18. The second kappa shape index (κ2) is 10.8. The van der Waals surface area contributed by atoms with Crippen LogP contribution in [-0.2, 0) is 20.9 Å². The maximum absolute atomic E-state index is 12.9. The SMILES string of the molecule is CC(C)(C)N(Cc1ccccc1)C(=O)COC(=O)C1CCN(C(=O)c2ccc(Cl)cc2)CC1. The predicted molar refractivity (Wildman–Crippen MR) is 128 cm³/mol. The van der Waals surface area contributed by atoms with Crippen molar-refractivity contribution >= 4 is 29.4 Å². The molecule has 0 bridgehead atoms. The highest BCUT2D eigenvalue weighted by Gasteiger charge is 2.31. The van der Waals surface area contributed by atoms with Crippen molar-refractivity contribution in [2.45, 2.75) is 45.7 Å². The molecule has 33 heavy (non-hydrogen) atoms. The molecule has 2 amide bonds. The van der Waals surface area contributed by atoms with Gasteiger partial charge in [-0.3, -0.25) is 14.4 Å². The number of halogens is 1. The van der Waals surface area contributed by atoms with E-state index in [1.807, 2.05) is 51.1 Å². The summed E-state index contributed by atoms with van der Waals surface area (Å²) in [4.78, 5) is 41.6. The van der Waals surface area contributed by atoms with E-state index in [1.165, 1.54) is 0 Å². The van der Waals surface area contributed by atoms with Gasteiger partial charge in [-0.2, -0.15) is 0 Å². The molecule has 0 radical (unpaired) electrons. The van der Waals surface area contributed by atoms with Gasteiger partial charge < -0.3 is 14.5 Å². The Morgan fingerprint density at radius 3 is 2.18 bits per heavy atom. The second-order valence-electron chi connectivity index (χ2n) is 9.32. The van der Waals surface area contributed by atoms with Crippen LogP contribution in [0.1, 0.15) is 49.5 Å². The zero-order valence-corrected chi connectivity index (χ0v) is 20.2. The van der Waals surface area contributed by atoms with E-state index >= 15 is 0 Å². The Hall–Kier alpha value is -2.86. The number of carbonyl (C=O) groups is 3. The minimum absolute atomic E-state index is 0.0737. The molecular weight excluding hydrogens is 440 g/mol. The lowest BCUT2D eigenvalue weighted by atomic mass is 9.96. The van der Waals surface area contributed by atoms with Crippen LogP contribution in [0.25, 0.3) is 0 Å². The number of ether oxygens (including phenoxy) is 1. The highest BCUT2D eigenvalue weighted by Crippen LogP contribution is 2.22. The summed E-state index contributed by atoms with van der Waals surface area (Å²) in [6.07, 6.45) is 1.03. The third kappa shape index (κ3) is 6.81. The van der Waals surface area contributed by atoms with E-state index in [0.717, 1.165) is 5.56 Å². The molecular formula is C26H31ClN2O4. The Labute approximate surface area is 200 Å². The van der Waals surface area contributed by atoms with E-state index in [9.17, 15) is 14.4 Å². The van der Waals surface area contributed by atoms with Gasteiger partial charge in [-0.25, -0.2) is 0 Å². The average Bonchev–Trinajstić information content (AvgIpc) is 2.81. The lowest BCUT2D eigenvalue weighted by molar-refractivity contribution is -0.158. The van der Waals surface area contributed by atoms with Gasteiger partial charge >= 0.3 is 5.97 Å². The molecule has 2 aromatic rings. The Balaban J connectivity index is 1.50.